The van der Waals surface area contributed by atoms with Gasteiger partial charge in [-0.25, -0.2) is 4.79 Å². The number of hydrogen-bond acceptors (Lipinski definition) is 4. The van der Waals surface area contributed by atoms with Gasteiger partial charge in [-0.2, -0.15) is 0 Å². The third kappa shape index (κ3) is 4.47. The Hall–Kier alpha value is -1.71. The minimum absolute atomic E-state index is 0.350. The number of benzene rings is 1. The van der Waals surface area contributed by atoms with Gasteiger partial charge in [-0.3, -0.25) is 0 Å². The summed E-state index contributed by atoms with van der Waals surface area (Å²) >= 11 is 0. The van der Waals surface area contributed by atoms with Crippen LogP contribution < -0.4 is 9.47 Å². The van der Waals surface area contributed by atoms with E-state index in [1.165, 1.54) is 14.2 Å². The van der Waals surface area contributed by atoms with E-state index in [9.17, 15) is 4.79 Å². The van der Waals surface area contributed by atoms with Gasteiger partial charge in [0.05, 0.1) is 20.8 Å². The van der Waals surface area contributed by atoms with Crippen molar-refractivity contribution < 1.29 is 19.0 Å². The molecule has 0 amide bonds. The number of ether oxygens (including phenoxy) is 3. The van der Waals surface area contributed by atoms with E-state index in [1.54, 1.807) is 18.2 Å². The standard InChI is InChI=1S/C15H22O4/c1-4-5-6-7-11-19-15(16)14-12(17-2)9-8-10-13(14)18-3/h8-10H,4-7,11H2,1-3H3. The third-order valence-corrected chi connectivity index (χ3v) is 2.86. The molecule has 0 N–H and O–H groups in total. The van der Waals surface area contributed by atoms with Crippen LogP contribution in [0.4, 0.5) is 0 Å². The van der Waals surface area contributed by atoms with Gasteiger partial charge in [0.1, 0.15) is 17.1 Å². The van der Waals surface area contributed by atoms with Crippen LogP contribution in [0.25, 0.3) is 0 Å². The first-order chi connectivity index (χ1) is 9.24. The van der Waals surface area contributed by atoms with Gasteiger partial charge in [-0.1, -0.05) is 32.3 Å². The third-order valence-electron chi connectivity index (χ3n) is 2.86. The molecule has 0 aliphatic heterocycles. The topological polar surface area (TPSA) is 44.8 Å². The van der Waals surface area contributed by atoms with Crippen LogP contribution in [0.1, 0.15) is 43.0 Å². The normalized spacial score (nSPS) is 10.1. The van der Waals surface area contributed by atoms with Gasteiger partial charge in [-0.15, -0.1) is 0 Å². The van der Waals surface area contributed by atoms with Crippen molar-refractivity contribution in [3.8, 4) is 11.5 Å². The van der Waals surface area contributed by atoms with Crippen molar-refractivity contribution in [2.45, 2.75) is 32.6 Å². The molecule has 0 saturated carbocycles. The van der Waals surface area contributed by atoms with Crippen LogP contribution in [-0.4, -0.2) is 26.8 Å². The SMILES string of the molecule is CCCCCCOC(=O)c1c(OC)cccc1OC. The predicted molar refractivity (Wildman–Crippen MR) is 74.0 cm³/mol. The van der Waals surface area contributed by atoms with Crippen molar-refractivity contribution in [1.82, 2.24) is 0 Å². The predicted octanol–water partition coefficient (Wildman–Crippen LogP) is 3.44. The lowest BCUT2D eigenvalue weighted by Gasteiger charge is -2.12. The second-order valence-electron chi connectivity index (χ2n) is 4.23. The maximum atomic E-state index is 12.1. The first-order valence-corrected chi connectivity index (χ1v) is 6.62. The minimum Gasteiger partial charge on any atom is -0.496 e. The van der Waals surface area contributed by atoms with Crippen molar-refractivity contribution in [2.75, 3.05) is 20.8 Å². The van der Waals surface area contributed by atoms with Gasteiger partial charge >= 0.3 is 5.97 Å². The van der Waals surface area contributed by atoms with E-state index < -0.39 is 5.97 Å². The first kappa shape index (κ1) is 15.3. The second-order valence-corrected chi connectivity index (χ2v) is 4.23. The molecular weight excluding hydrogens is 244 g/mol. The molecule has 0 aromatic heterocycles. The Morgan fingerprint density at radius 2 is 1.68 bits per heavy atom. The maximum Gasteiger partial charge on any atom is 0.345 e. The number of carbonyl (C=O) groups is 1. The Morgan fingerprint density at radius 3 is 2.21 bits per heavy atom. The molecule has 0 atom stereocenters. The molecule has 0 heterocycles. The molecule has 1 rings (SSSR count). The van der Waals surface area contributed by atoms with Crippen molar-refractivity contribution in [2.24, 2.45) is 0 Å². The van der Waals surface area contributed by atoms with E-state index in [2.05, 4.69) is 6.92 Å². The van der Waals surface area contributed by atoms with E-state index in [0.29, 0.717) is 23.7 Å². The van der Waals surface area contributed by atoms with E-state index in [4.69, 9.17) is 14.2 Å². The van der Waals surface area contributed by atoms with E-state index in [1.807, 2.05) is 0 Å². The molecule has 0 aliphatic rings. The van der Waals surface area contributed by atoms with E-state index in [-0.39, 0.29) is 0 Å². The average Bonchev–Trinajstić information content (AvgIpc) is 2.45. The van der Waals surface area contributed by atoms with Gasteiger partial charge in [0.25, 0.3) is 0 Å². The summed E-state index contributed by atoms with van der Waals surface area (Å²) in [5.41, 5.74) is 0.350. The Bertz CT molecular complexity index is 379. The highest BCUT2D eigenvalue weighted by molar-refractivity contribution is 5.95. The lowest BCUT2D eigenvalue weighted by atomic mass is 10.1. The van der Waals surface area contributed by atoms with Gasteiger partial charge < -0.3 is 14.2 Å². The van der Waals surface area contributed by atoms with Gasteiger partial charge in [-0.05, 0) is 18.6 Å². The lowest BCUT2D eigenvalue weighted by molar-refractivity contribution is 0.0490. The number of esters is 1. The van der Waals surface area contributed by atoms with Crippen molar-refractivity contribution in [1.29, 1.82) is 0 Å². The highest BCUT2D eigenvalue weighted by Gasteiger charge is 2.19. The largest absolute Gasteiger partial charge is 0.496 e. The summed E-state index contributed by atoms with van der Waals surface area (Å²) in [6, 6.07) is 5.21. The molecule has 0 bridgehead atoms. The highest BCUT2D eigenvalue weighted by atomic mass is 16.5. The summed E-state index contributed by atoms with van der Waals surface area (Å²) in [5, 5.41) is 0. The molecule has 0 unspecified atom stereocenters. The number of hydrogen-bond donors (Lipinski definition) is 0. The van der Waals surface area contributed by atoms with Crippen LogP contribution in [0.5, 0.6) is 11.5 Å². The summed E-state index contributed by atoms with van der Waals surface area (Å²) in [4.78, 5) is 12.1. The average molecular weight is 266 g/mol. The lowest BCUT2D eigenvalue weighted by Crippen LogP contribution is -2.10. The van der Waals surface area contributed by atoms with Gasteiger partial charge in [0, 0.05) is 0 Å². The van der Waals surface area contributed by atoms with Crippen molar-refractivity contribution in [3.63, 3.8) is 0 Å². The van der Waals surface area contributed by atoms with Crippen LogP contribution in [0.15, 0.2) is 18.2 Å². The quantitative estimate of drug-likeness (QED) is 0.534. The fourth-order valence-electron chi connectivity index (χ4n) is 1.82. The van der Waals surface area contributed by atoms with Crippen LogP contribution >= 0.6 is 0 Å². The second kappa shape index (κ2) is 8.40. The molecule has 106 valence electrons. The zero-order valence-electron chi connectivity index (χ0n) is 11.9. The van der Waals surface area contributed by atoms with Crippen LogP contribution in [0.3, 0.4) is 0 Å². The molecule has 0 fully saturated rings. The number of carbonyl (C=O) groups excluding carboxylic acids is 1. The smallest absolute Gasteiger partial charge is 0.345 e. The first-order valence-electron chi connectivity index (χ1n) is 6.62. The molecule has 0 spiro atoms. The summed E-state index contributed by atoms with van der Waals surface area (Å²) in [5.74, 6) is 0.543. The summed E-state index contributed by atoms with van der Waals surface area (Å²) < 4.78 is 15.6. The maximum absolute atomic E-state index is 12.1. The molecule has 4 nitrogen and oxygen atoms in total. The van der Waals surface area contributed by atoms with Crippen LogP contribution in [0, 0.1) is 0 Å². The fraction of sp³-hybridized carbons (Fsp3) is 0.533. The molecule has 0 aliphatic carbocycles. The molecule has 4 heteroatoms. The molecule has 0 radical (unpaired) electrons. The molecular formula is C15H22O4. The number of methoxy groups -OCH3 is 2. The van der Waals surface area contributed by atoms with Gasteiger partial charge in [0.2, 0.25) is 0 Å². The molecule has 1 aromatic carbocycles. The van der Waals surface area contributed by atoms with E-state index >= 15 is 0 Å². The number of unbranched alkanes of at least 4 members (excludes halogenated alkanes) is 3. The Balaban J connectivity index is 2.65. The van der Waals surface area contributed by atoms with Gasteiger partial charge in [0.15, 0.2) is 0 Å². The Labute approximate surface area is 114 Å². The summed E-state index contributed by atoms with van der Waals surface area (Å²) in [6.45, 7) is 2.58. The highest BCUT2D eigenvalue weighted by Crippen LogP contribution is 2.28. The van der Waals surface area contributed by atoms with Crippen molar-refractivity contribution >= 4 is 5.97 Å². The van der Waals surface area contributed by atoms with Crippen LogP contribution in [-0.2, 0) is 4.74 Å². The summed E-state index contributed by atoms with van der Waals surface area (Å²) in [7, 11) is 3.04. The zero-order chi connectivity index (χ0) is 14.1. The van der Waals surface area contributed by atoms with Crippen molar-refractivity contribution in [3.05, 3.63) is 23.8 Å². The van der Waals surface area contributed by atoms with E-state index in [0.717, 1.165) is 25.7 Å². The number of rotatable bonds is 8. The Kier molecular flexibility index (Phi) is 6.79. The fourth-order valence-corrected chi connectivity index (χ4v) is 1.82. The monoisotopic (exact) mass is 266 g/mol. The molecule has 0 saturated heterocycles. The summed E-state index contributed by atoms with van der Waals surface area (Å²) in [6.07, 6.45) is 4.29. The molecule has 1 aromatic rings. The minimum atomic E-state index is -0.397. The Morgan fingerprint density at radius 1 is 1.05 bits per heavy atom. The zero-order valence-corrected chi connectivity index (χ0v) is 11.9. The van der Waals surface area contributed by atoms with Crippen LogP contribution in [0.2, 0.25) is 0 Å². The molecule has 19 heavy (non-hydrogen) atoms.